The van der Waals surface area contributed by atoms with E-state index < -0.39 is 15.9 Å². The third-order valence-electron chi connectivity index (χ3n) is 3.50. The van der Waals surface area contributed by atoms with E-state index in [1.165, 1.54) is 17.1 Å². The van der Waals surface area contributed by atoms with Crippen molar-refractivity contribution in [2.45, 2.75) is 11.8 Å². The Balaban J connectivity index is 1.71. The number of carbonyl (C=O) groups is 1. The normalized spacial score (nSPS) is 11.2. The standard InChI is InChI=1S/C17H16N4O3S/c1-13-7-9-14(10-8-13)17(22)19-20-25(23,24)16-11-18-21(12-16)15-5-3-2-4-6-15/h2-12,20H,1H3,(H,19,22). The largest absolute Gasteiger partial charge is 0.273 e. The SMILES string of the molecule is Cc1ccc(C(=O)NNS(=O)(=O)c2cnn(-c3ccccc3)c2)cc1. The zero-order valence-corrected chi connectivity index (χ0v) is 14.2. The second kappa shape index (κ2) is 6.88. The number of nitrogens with one attached hydrogen (secondary N) is 2. The van der Waals surface area contributed by atoms with Gasteiger partial charge in [0, 0.05) is 5.56 Å². The van der Waals surface area contributed by atoms with Crippen LogP contribution in [0.3, 0.4) is 0 Å². The Labute approximate surface area is 145 Å². The third-order valence-corrected chi connectivity index (χ3v) is 4.70. The average Bonchev–Trinajstić information content (AvgIpc) is 3.12. The Morgan fingerprint density at radius 3 is 2.40 bits per heavy atom. The first-order valence-corrected chi connectivity index (χ1v) is 8.93. The van der Waals surface area contributed by atoms with Crippen LogP contribution in [0.4, 0.5) is 0 Å². The van der Waals surface area contributed by atoms with Crippen molar-refractivity contribution in [2.24, 2.45) is 0 Å². The topological polar surface area (TPSA) is 93.1 Å². The van der Waals surface area contributed by atoms with Crippen molar-refractivity contribution < 1.29 is 13.2 Å². The van der Waals surface area contributed by atoms with E-state index in [4.69, 9.17) is 0 Å². The van der Waals surface area contributed by atoms with Crippen molar-refractivity contribution in [2.75, 3.05) is 0 Å². The van der Waals surface area contributed by atoms with Gasteiger partial charge < -0.3 is 0 Å². The number of rotatable bonds is 5. The second-order valence-corrected chi connectivity index (χ2v) is 7.06. The molecule has 0 aliphatic heterocycles. The molecule has 0 unspecified atom stereocenters. The Hall–Kier alpha value is -2.97. The number of nitrogens with zero attached hydrogens (tertiary/aromatic N) is 2. The summed E-state index contributed by atoms with van der Waals surface area (Å²) in [6.45, 7) is 1.90. The summed E-state index contributed by atoms with van der Waals surface area (Å²) in [7, 11) is -3.92. The molecule has 3 rings (SSSR count). The first-order valence-electron chi connectivity index (χ1n) is 7.45. The van der Waals surface area contributed by atoms with Gasteiger partial charge in [0.2, 0.25) is 0 Å². The maximum absolute atomic E-state index is 12.3. The molecule has 1 aromatic heterocycles. The summed E-state index contributed by atoms with van der Waals surface area (Å²) in [6, 6.07) is 15.9. The predicted molar refractivity (Wildman–Crippen MR) is 92.5 cm³/mol. The van der Waals surface area contributed by atoms with Crippen LogP contribution in [0.15, 0.2) is 71.9 Å². The summed E-state index contributed by atoms with van der Waals surface area (Å²) in [5, 5.41) is 4.03. The van der Waals surface area contributed by atoms with Gasteiger partial charge in [-0.25, -0.2) is 13.1 Å². The number of carbonyl (C=O) groups excluding carboxylic acids is 1. The van der Waals surface area contributed by atoms with Crippen LogP contribution in [0.1, 0.15) is 15.9 Å². The zero-order valence-electron chi connectivity index (χ0n) is 13.4. The molecule has 0 bridgehead atoms. The van der Waals surface area contributed by atoms with Crippen molar-refractivity contribution in [1.82, 2.24) is 20.0 Å². The lowest BCUT2D eigenvalue weighted by Crippen LogP contribution is -2.41. The summed E-state index contributed by atoms with van der Waals surface area (Å²) in [5.74, 6) is -0.543. The van der Waals surface area contributed by atoms with E-state index in [9.17, 15) is 13.2 Å². The Bertz CT molecular complexity index is 980. The van der Waals surface area contributed by atoms with Crippen LogP contribution in [0, 0.1) is 6.92 Å². The van der Waals surface area contributed by atoms with Gasteiger partial charge in [0.05, 0.1) is 18.1 Å². The molecule has 0 saturated carbocycles. The zero-order chi connectivity index (χ0) is 17.9. The number of hydrazine groups is 1. The molecule has 2 N–H and O–H groups in total. The number of aryl methyl sites for hydroxylation is 1. The Kier molecular flexibility index (Phi) is 4.64. The molecule has 0 fully saturated rings. The first kappa shape index (κ1) is 16.9. The first-order chi connectivity index (χ1) is 12.0. The minimum atomic E-state index is -3.92. The highest BCUT2D eigenvalue weighted by atomic mass is 32.2. The van der Waals surface area contributed by atoms with Crippen molar-refractivity contribution >= 4 is 15.9 Å². The number of amides is 1. The van der Waals surface area contributed by atoms with E-state index in [1.807, 2.05) is 25.1 Å². The molecule has 0 aliphatic carbocycles. The molecule has 0 radical (unpaired) electrons. The number of hydrogen-bond donors (Lipinski definition) is 2. The van der Waals surface area contributed by atoms with E-state index >= 15 is 0 Å². The minimum Gasteiger partial charge on any atom is -0.273 e. The van der Waals surface area contributed by atoms with Gasteiger partial charge in [-0.2, -0.15) is 5.10 Å². The molecular weight excluding hydrogens is 340 g/mol. The smallest absolute Gasteiger partial charge is 0.266 e. The fraction of sp³-hybridized carbons (Fsp3) is 0.0588. The van der Waals surface area contributed by atoms with Crippen molar-refractivity contribution in [1.29, 1.82) is 0 Å². The minimum absolute atomic E-state index is 0.0550. The molecule has 7 nitrogen and oxygen atoms in total. The molecule has 25 heavy (non-hydrogen) atoms. The van der Waals surface area contributed by atoms with Crippen LogP contribution < -0.4 is 10.3 Å². The van der Waals surface area contributed by atoms with Crippen molar-refractivity contribution in [3.63, 3.8) is 0 Å². The van der Waals surface area contributed by atoms with Crippen LogP contribution in [0.5, 0.6) is 0 Å². The number of hydrogen-bond acceptors (Lipinski definition) is 4. The maximum Gasteiger partial charge on any atom is 0.266 e. The fourth-order valence-electron chi connectivity index (χ4n) is 2.12. The van der Waals surface area contributed by atoms with Gasteiger partial charge in [-0.15, -0.1) is 4.83 Å². The average molecular weight is 356 g/mol. The lowest BCUT2D eigenvalue weighted by atomic mass is 10.1. The molecule has 3 aromatic rings. The molecule has 8 heteroatoms. The predicted octanol–water partition coefficient (Wildman–Crippen LogP) is 1.80. The highest BCUT2D eigenvalue weighted by Gasteiger charge is 2.18. The Morgan fingerprint density at radius 1 is 1.04 bits per heavy atom. The lowest BCUT2D eigenvalue weighted by Gasteiger charge is -2.07. The monoisotopic (exact) mass is 356 g/mol. The van der Waals surface area contributed by atoms with Crippen LogP contribution in [0.25, 0.3) is 5.69 Å². The van der Waals surface area contributed by atoms with Gasteiger partial charge in [-0.3, -0.25) is 10.2 Å². The number of aromatic nitrogens is 2. The summed E-state index contributed by atoms with van der Waals surface area (Å²) in [6.07, 6.45) is 2.59. The van der Waals surface area contributed by atoms with E-state index in [0.717, 1.165) is 11.3 Å². The van der Waals surface area contributed by atoms with Crippen LogP contribution >= 0.6 is 0 Å². The summed E-state index contributed by atoms with van der Waals surface area (Å²) < 4.78 is 26.0. The van der Waals surface area contributed by atoms with Crippen LogP contribution in [-0.4, -0.2) is 24.1 Å². The fourth-order valence-corrected chi connectivity index (χ4v) is 2.89. The summed E-state index contributed by atoms with van der Waals surface area (Å²) in [4.78, 5) is 14.0. The van der Waals surface area contributed by atoms with Gasteiger partial charge in [0.1, 0.15) is 4.90 Å². The summed E-state index contributed by atoms with van der Waals surface area (Å²) in [5.41, 5.74) is 4.28. The maximum atomic E-state index is 12.3. The molecular formula is C17H16N4O3S. The van der Waals surface area contributed by atoms with Gasteiger partial charge >= 0.3 is 0 Å². The van der Waals surface area contributed by atoms with Gasteiger partial charge in [0.15, 0.2) is 0 Å². The van der Waals surface area contributed by atoms with Gasteiger partial charge in [-0.05, 0) is 31.2 Å². The van der Waals surface area contributed by atoms with Crippen LogP contribution in [0.2, 0.25) is 0 Å². The number of benzene rings is 2. The molecule has 2 aromatic carbocycles. The van der Waals surface area contributed by atoms with Crippen molar-refractivity contribution in [3.8, 4) is 5.69 Å². The number of para-hydroxylation sites is 1. The van der Waals surface area contributed by atoms with E-state index in [-0.39, 0.29) is 4.90 Å². The summed E-state index contributed by atoms with van der Waals surface area (Å²) >= 11 is 0. The van der Waals surface area contributed by atoms with E-state index in [2.05, 4.69) is 15.4 Å². The van der Waals surface area contributed by atoms with E-state index in [1.54, 1.807) is 36.4 Å². The second-order valence-electron chi connectivity index (χ2n) is 5.38. The van der Waals surface area contributed by atoms with Crippen LogP contribution in [-0.2, 0) is 10.0 Å². The molecule has 0 aliphatic rings. The molecule has 1 heterocycles. The quantitative estimate of drug-likeness (QED) is 0.682. The highest BCUT2D eigenvalue weighted by molar-refractivity contribution is 7.89. The van der Waals surface area contributed by atoms with Crippen molar-refractivity contribution in [3.05, 3.63) is 78.1 Å². The molecule has 128 valence electrons. The lowest BCUT2D eigenvalue weighted by molar-refractivity contribution is 0.0945. The number of sulfonamides is 1. The molecule has 0 saturated heterocycles. The van der Waals surface area contributed by atoms with Gasteiger partial charge in [0.25, 0.3) is 15.9 Å². The van der Waals surface area contributed by atoms with Gasteiger partial charge in [-0.1, -0.05) is 35.9 Å². The third kappa shape index (κ3) is 3.93. The molecule has 1 amide bonds. The van der Waals surface area contributed by atoms with E-state index in [0.29, 0.717) is 5.56 Å². The Morgan fingerprint density at radius 2 is 1.72 bits per heavy atom. The molecule has 0 spiro atoms. The molecule has 0 atom stereocenters. The highest BCUT2D eigenvalue weighted by Crippen LogP contribution is 2.11.